The Morgan fingerprint density at radius 3 is 2.89 bits per heavy atom. The fourth-order valence-electron chi connectivity index (χ4n) is 2.04. The number of amides is 1. The van der Waals surface area contributed by atoms with Gasteiger partial charge < -0.3 is 10.5 Å². The molecule has 94 valence electrons. The van der Waals surface area contributed by atoms with Gasteiger partial charge in [-0.1, -0.05) is 12.1 Å². The quantitative estimate of drug-likeness (QED) is 0.894. The molecule has 0 aliphatic heterocycles. The van der Waals surface area contributed by atoms with Crippen LogP contribution in [0.1, 0.15) is 18.2 Å². The first kappa shape index (κ1) is 12.4. The number of carbonyl (C=O) groups is 1. The summed E-state index contributed by atoms with van der Waals surface area (Å²) in [4.78, 5) is 15.6. The molecule has 0 aliphatic rings. The van der Waals surface area contributed by atoms with Gasteiger partial charge in [-0.05, 0) is 31.5 Å². The van der Waals surface area contributed by atoms with E-state index in [0.717, 1.165) is 27.9 Å². The smallest absolute Gasteiger partial charge is 0.221 e. The van der Waals surface area contributed by atoms with E-state index in [9.17, 15) is 4.79 Å². The number of hydrogen-bond acceptors (Lipinski definition) is 3. The highest BCUT2D eigenvalue weighted by atomic mass is 16.5. The van der Waals surface area contributed by atoms with E-state index in [0.29, 0.717) is 6.61 Å². The Morgan fingerprint density at radius 2 is 2.22 bits per heavy atom. The zero-order chi connectivity index (χ0) is 13.1. The van der Waals surface area contributed by atoms with Crippen LogP contribution in [-0.4, -0.2) is 17.5 Å². The van der Waals surface area contributed by atoms with Crippen molar-refractivity contribution in [2.45, 2.75) is 20.3 Å². The lowest BCUT2D eigenvalue weighted by Gasteiger charge is -2.10. The maximum absolute atomic E-state index is 11.1. The molecule has 4 nitrogen and oxygen atoms in total. The predicted octanol–water partition coefficient (Wildman–Crippen LogP) is 1.97. The predicted molar refractivity (Wildman–Crippen MR) is 70.5 cm³/mol. The monoisotopic (exact) mass is 244 g/mol. The molecular weight excluding hydrogens is 228 g/mol. The number of primary amides is 1. The van der Waals surface area contributed by atoms with Gasteiger partial charge in [0.1, 0.15) is 11.3 Å². The highest BCUT2D eigenvalue weighted by Gasteiger charge is 2.10. The largest absolute Gasteiger partial charge is 0.492 e. The molecule has 0 spiro atoms. The van der Waals surface area contributed by atoms with E-state index in [2.05, 4.69) is 4.98 Å². The minimum absolute atomic E-state index is 0.218. The number of carbonyl (C=O) groups excluding carboxylic acids is 1. The Balaban J connectivity index is 2.65. The van der Waals surface area contributed by atoms with E-state index in [4.69, 9.17) is 10.5 Å². The van der Waals surface area contributed by atoms with Gasteiger partial charge in [-0.2, -0.15) is 0 Å². The second-order valence-electron chi connectivity index (χ2n) is 4.15. The van der Waals surface area contributed by atoms with Crippen LogP contribution in [0, 0.1) is 6.92 Å². The second-order valence-corrected chi connectivity index (χ2v) is 4.15. The van der Waals surface area contributed by atoms with Crippen molar-refractivity contribution in [1.29, 1.82) is 0 Å². The minimum Gasteiger partial charge on any atom is -0.492 e. The zero-order valence-corrected chi connectivity index (χ0v) is 10.6. The van der Waals surface area contributed by atoms with Gasteiger partial charge in [0.15, 0.2) is 0 Å². The summed E-state index contributed by atoms with van der Waals surface area (Å²) in [6.45, 7) is 4.41. The van der Waals surface area contributed by atoms with Crippen molar-refractivity contribution < 1.29 is 9.53 Å². The number of aromatic nitrogens is 1. The summed E-state index contributed by atoms with van der Waals surface area (Å²) in [6.07, 6.45) is 0.218. The first-order chi connectivity index (χ1) is 8.61. The molecule has 0 radical (unpaired) electrons. The molecule has 0 atom stereocenters. The van der Waals surface area contributed by atoms with Crippen LogP contribution >= 0.6 is 0 Å². The SMILES string of the molecule is CCOc1cccc2c(CC(N)=O)cc(C)nc12. The normalized spacial score (nSPS) is 10.6. The first-order valence-corrected chi connectivity index (χ1v) is 5.92. The number of para-hydroxylation sites is 1. The van der Waals surface area contributed by atoms with Crippen LogP contribution in [0.15, 0.2) is 24.3 Å². The van der Waals surface area contributed by atoms with Crippen molar-refractivity contribution in [3.8, 4) is 5.75 Å². The van der Waals surface area contributed by atoms with E-state index in [1.54, 1.807) is 0 Å². The number of ether oxygens (including phenoxy) is 1. The minimum atomic E-state index is -0.344. The summed E-state index contributed by atoms with van der Waals surface area (Å²) >= 11 is 0. The summed E-state index contributed by atoms with van der Waals surface area (Å²) in [5.74, 6) is 0.396. The fourth-order valence-corrected chi connectivity index (χ4v) is 2.04. The van der Waals surface area contributed by atoms with Crippen molar-refractivity contribution in [3.63, 3.8) is 0 Å². The third kappa shape index (κ3) is 2.42. The number of benzene rings is 1. The molecule has 0 saturated heterocycles. The summed E-state index contributed by atoms with van der Waals surface area (Å²) in [7, 11) is 0. The van der Waals surface area contributed by atoms with Crippen LogP contribution < -0.4 is 10.5 Å². The van der Waals surface area contributed by atoms with E-state index in [1.165, 1.54) is 0 Å². The fraction of sp³-hybridized carbons (Fsp3) is 0.286. The van der Waals surface area contributed by atoms with Crippen molar-refractivity contribution in [3.05, 3.63) is 35.5 Å². The molecule has 2 rings (SSSR count). The average molecular weight is 244 g/mol. The molecule has 1 heterocycles. The first-order valence-electron chi connectivity index (χ1n) is 5.92. The number of pyridine rings is 1. The van der Waals surface area contributed by atoms with Gasteiger partial charge in [-0.25, -0.2) is 4.98 Å². The standard InChI is InChI=1S/C14H16N2O2/c1-3-18-12-6-4-5-11-10(8-13(15)17)7-9(2)16-14(11)12/h4-7H,3,8H2,1-2H3,(H2,15,17). The highest BCUT2D eigenvalue weighted by molar-refractivity contribution is 5.91. The Bertz CT molecular complexity index is 594. The van der Waals surface area contributed by atoms with Crippen LogP contribution in [0.5, 0.6) is 5.75 Å². The van der Waals surface area contributed by atoms with Crippen LogP contribution in [0.3, 0.4) is 0 Å². The molecule has 1 aromatic heterocycles. The summed E-state index contributed by atoms with van der Waals surface area (Å²) in [5, 5.41) is 0.922. The molecule has 0 bridgehead atoms. The van der Waals surface area contributed by atoms with Crippen LogP contribution in [-0.2, 0) is 11.2 Å². The maximum atomic E-state index is 11.1. The number of aryl methyl sites for hydroxylation is 1. The lowest BCUT2D eigenvalue weighted by Crippen LogP contribution is -2.14. The number of hydrogen-bond donors (Lipinski definition) is 1. The molecule has 18 heavy (non-hydrogen) atoms. The molecule has 0 aliphatic carbocycles. The van der Waals surface area contributed by atoms with Gasteiger partial charge in [-0.3, -0.25) is 4.79 Å². The second kappa shape index (κ2) is 5.04. The Morgan fingerprint density at radius 1 is 1.44 bits per heavy atom. The van der Waals surface area contributed by atoms with Crippen LogP contribution in [0.2, 0.25) is 0 Å². The molecule has 1 amide bonds. The van der Waals surface area contributed by atoms with Gasteiger partial charge in [-0.15, -0.1) is 0 Å². The number of fused-ring (bicyclic) bond motifs is 1. The van der Waals surface area contributed by atoms with Crippen LogP contribution in [0.25, 0.3) is 10.9 Å². The van der Waals surface area contributed by atoms with Gasteiger partial charge >= 0.3 is 0 Å². The zero-order valence-electron chi connectivity index (χ0n) is 10.6. The topological polar surface area (TPSA) is 65.2 Å². The molecule has 0 unspecified atom stereocenters. The molecule has 1 aromatic carbocycles. The lowest BCUT2D eigenvalue weighted by molar-refractivity contribution is -0.117. The molecule has 0 fully saturated rings. The number of rotatable bonds is 4. The van der Waals surface area contributed by atoms with Gasteiger partial charge in [0.25, 0.3) is 0 Å². The molecule has 2 N–H and O–H groups in total. The van der Waals surface area contributed by atoms with Crippen LogP contribution in [0.4, 0.5) is 0 Å². The average Bonchev–Trinajstić information content (AvgIpc) is 2.29. The van der Waals surface area contributed by atoms with Gasteiger partial charge in [0, 0.05) is 11.1 Å². The van der Waals surface area contributed by atoms with E-state index in [-0.39, 0.29) is 12.3 Å². The van der Waals surface area contributed by atoms with Crippen molar-refractivity contribution >= 4 is 16.8 Å². The summed E-state index contributed by atoms with van der Waals surface area (Å²) in [5.41, 5.74) is 7.81. The summed E-state index contributed by atoms with van der Waals surface area (Å²) in [6, 6.07) is 7.60. The van der Waals surface area contributed by atoms with Crippen molar-refractivity contribution in [2.75, 3.05) is 6.61 Å². The van der Waals surface area contributed by atoms with Crippen molar-refractivity contribution in [2.24, 2.45) is 5.73 Å². The number of nitrogens with zero attached hydrogens (tertiary/aromatic N) is 1. The van der Waals surface area contributed by atoms with E-state index < -0.39 is 0 Å². The highest BCUT2D eigenvalue weighted by Crippen LogP contribution is 2.27. The lowest BCUT2D eigenvalue weighted by atomic mass is 10.0. The number of nitrogens with two attached hydrogens (primary N) is 1. The van der Waals surface area contributed by atoms with Gasteiger partial charge in [0.2, 0.25) is 5.91 Å². The van der Waals surface area contributed by atoms with E-state index >= 15 is 0 Å². The Labute approximate surface area is 106 Å². The van der Waals surface area contributed by atoms with E-state index in [1.807, 2.05) is 38.1 Å². The van der Waals surface area contributed by atoms with Crippen molar-refractivity contribution in [1.82, 2.24) is 4.98 Å². The Hall–Kier alpha value is -2.10. The third-order valence-corrected chi connectivity index (χ3v) is 2.68. The molecule has 2 aromatic rings. The molecule has 4 heteroatoms. The third-order valence-electron chi connectivity index (χ3n) is 2.68. The molecular formula is C14H16N2O2. The maximum Gasteiger partial charge on any atom is 0.221 e. The van der Waals surface area contributed by atoms with Gasteiger partial charge in [0.05, 0.1) is 13.0 Å². The Kier molecular flexibility index (Phi) is 3.46. The summed E-state index contributed by atoms with van der Waals surface area (Å²) < 4.78 is 5.56. The molecule has 0 saturated carbocycles.